The van der Waals surface area contributed by atoms with Crippen LogP contribution in [0.15, 0.2) is 22.6 Å². The van der Waals surface area contributed by atoms with Gasteiger partial charge in [0.05, 0.1) is 6.54 Å². The molecule has 20 heavy (non-hydrogen) atoms. The Morgan fingerprint density at radius 2 is 1.70 bits per heavy atom. The number of hydrogen-bond acceptors (Lipinski definition) is 2. The Kier molecular flexibility index (Phi) is 3.72. The van der Waals surface area contributed by atoms with Gasteiger partial charge in [-0.05, 0) is 44.7 Å². The third-order valence-corrected chi connectivity index (χ3v) is 3.55. The summed E-state index contributed by atoms with van der Waals surface area (Å²) >= 11 is 0. The highest BCUT2D eigenvalue weighted by atomic mass is 16.3. The molecule has 0 saturated carbocycles. The highest BCUT2D eigenvalue weighted by Crippen LogP contribution is 2.33. The topological polar surface area (TPSA) is 25.2 Å². The second-order valence-electron chi connectivity index (χ2n) is 7.74. The van der Waals surface area contributed by atoms with E-state index in [4.69, 9.17) is 4.42 Å². The molecule has 0 spiro atoms. The van der Waals surface area contributed by atoms with E-state index in [0.717, 1.165) is 17.9 Å². The zero-order chi connectivity index (χ0) is 15.1. The fraction of sp³-hybridized carbons (Fsp3) is 0.556. The summed E-state index contributed by atoms with van der Waals surface area (Å²) in [7, 11) is 0. The first-order valence-corrected chi connectivity index (χ1v) is 7.35. The molecule has 0 saturated heterocycles. The fourth-order valence-corrected chi connectivity index (χ4v) is 2.34. The van der Waals surface area contributed by atoms with Gasteiger partial charge < -0.3 is 9.73 Å². The SMILES string of the molecule is Cc1ccc(C(C)(C)C)c2oc(CNC(C)(C)C)cc12. The number of aryl methyl sites for hydroxylation is 1. The first-order chi connectivity index (χ1) is 9.08. The average molecular weight is 273 g/mol. The summed E-state index contributed by atoms with van der Waals surface area (Å²) < 4.78 is 6.14. The summed E-state index contributed by atoms with van der Waals surface area (Å²) in [6.45, 7) is 16.1. The van der Waals surface area contributed by atoms with Crippen LogP contribution in [0.2, 0.25) is 0 Å². The number of fused-ring (bicyclic) bond motifs is 1. The van der Waals surface area contributed by atoms with Gasteiger partial charge in [-0.15, -0.1) is 0 Å². The molecule has 0 amide bonds. The number of benzene rings is 1. The smallest absolute Gasteiger partial charge is 0.138 e. The molecule has 1 N–H and O–H groups in total. The minimum atomic E-state index is 0.0958. The molecule has 1 heterocycles. The van der Waals surface area contributed by atoms with Gasteiger partial charge >= 0.3 is 0 Å². The Balaban J connectivity index is 2.45. The first-order valence-electron chi connectivity index (χ1n) is 7.35. The Morgan fingerprint density at radius 3 is 2.25 bits per heavy atom. The van der Waals surface area contributed by atoms with Crippen LogP contribution in [0.1, 0.15) is 58.4 Å². The van der Waals surface area contributed by atoms with Crippen LogP contribution in [0, 0.1) is 6.92 Å². The lowest BCUT2D eigenvalue weighted by Gasteiger charge is -2.20. The maximum Gasteiger partial charge on any atom is 0.138 e. The monoisotopic (exact) mass is 273 g/mol. The van der Waals surface area contributed by atoms with E-state index >= 15 is 0 Å². The molecule has 2 aromatic rings. The van der Waals surface area contributed by atoms with Crippen molar-refractivity contribution in [2.75, 3.05) is 0 Å². The van der Waals surface area contributed by atoms with Crippen LogP contribution < -0.4 is 5.32 Å². The van der Waals surface area contributed by atoms with Gasteiger partial charge in [0.2, 0.25) is 0 Å². The van der Waals surface area contributed by atoms with Gasteiger partial charge in [0.1, 0.15) is 11.3 Å². The maximum absolute atomic E-state index is 6.14. The Labute approximate surface area is 122 Å². The zero-order valence-electron chi connectivity index (χ0n) is 13.8. The molecule has 0 aliphatic carbocycles. The van der Waals surface area contributed by atoms with Crippen LogP contribution in [0.5, 0.6) is 0 Å². The van der Waals surface area contributed by atoms with Crippen LogP contribution in [0.25, 0.3) is 11.0 Å². The molecule has 0 bridgehead atoms. The van der Waals surface area contributed by atoms with E-state index in [1.165, 1.54) is 16.5 Å². The van der Waals surface area contributed by atoms with E-state index in [-0.39, 0.29) is 11.0 Å². The van der Waals surface area contributed by atoms with Gasteiger partial charge in [-0.3, -0.25) is 0 Å². The summed E-state index contributed by atoms with van der Waals surface area (Å²) in [4.78, 5) is 0. The summed E-state index contributed by atoms with van der Waals surface area (Å²) in [5, 5.41) is 4.72. The van der Waals surface area contributed by atoms with Crippen LogP contribution in [0.3, 0.4) is 0 Å². The van der Waals surface area contributed by atoms with Crippen LogP contribution in [-0.2, 0) is 12.0 Å². The quantitative estimate of drug-likeness (QED) is 0.839. The molecule has 1 aromatic heterocycles. The summed E-state index contributed by atoms with van der Waals surface area (Å²) in [5.74, 6) is 1.01. The van der Waals surface area contributed by atoms with E-state index < -0.39 is 0 Å². The van der Waals surface area contributed by atoms with Gasteiger partial charge in [0.25, 0.3) is 0 Å². The second kappa shape index (κ2) is 4.92. The molecule has 0 aliphatic heterocycles. The van der Waals surface area contributed by atoms with Gasteiger partial charge in [-0.1, -0.05) is 32.9 Å². The lowest BCUT2D eigenvalue weighted by atomic mass is 9.85. The summed E-state index contributed by atoms with van der Waals surface area (Å²) in [6.07, 6.45) is 0. The number of nitrogens with one attached hydrogen (secondary N) is 1. The van der Waals surface area contributed by atoms with Crippen LogP contribution in [0.4, 0.5) is 0 Å². The van der Waals surface area contributed by atoms with Gasteiger partial charge in [0, 0.05) is 16.5 Å². The molecule has 0 unspecified atom stereocenters. The molecule has 110 valence electrons. The van der Waals surface area contributed by atoms with Crippen LogP contribution in [-0.4, -0.2) is 5.54 Å². The highest BCUT2D eigenvalue weighted by Gasteiger charge is 2.21. The van der Waals surface area contributed by atoms with Crippen molar-refractivity contribution in [2.45, 2.75) is 66.0 Å². The molecule has 1 aromatic carbocycles. The minimum absolute atomic E-state index is 0.0958. The predicted octanol–water partition coefficient (Wildman–Crippen LogP) is 4.93. The third-order valence-electron chi connectivity index (χ3n) is 3.55. The summed E-state index contributed by atoms with van der Waals surface area (Å²) in [5.41, 5.74) is 3.79. The van der Waals surface area contributed by atoms with Gasteiger partial charge in [-0.2, -0.15) is 0 Å². The van der Waals surface area contributed by atoms with Crippen molar-refractivity contribution in [2.24, 2.45) is 0 Å². The lowest BCUT2D eigenvalue weighted by Crippen LogP contribution is -2.34. The third kappa shape index (κ3) is 3.24. The molecular formula is C18H27NO. The zero-order valence-corrected chi connectivity index (χ0v) is 13.8. The van der Waals surface area contributed by atoms with Crippen molar-refractivity contribution in [1.82, 2.24) is 5.32 Å². The van der Waals surface area contributed by atoms with E-state index in [1.807, 2.05) is 0 Å². The molecule has 2 nitrogen and oxygen atoms in total. The molecule has 0 atom stereocenters. The largest absolute Gasteiger partial charge is 0.459 e. The standard InChI is InChI=1S/C18H27NO/c1-12-8-9-15(17(2,3)4)16-14(12)10-13(20-16)11-19-18(5,6)7/h8-10,19H,11H2,1-7H3. The number of rotatable bonds is 2. The minimum Gasteiger partial charge on any atom is -0.459 e. The highest BCUT2D eigenvalue weighted by molar-refractivity contribution is 5.85. The van der Waals surface area contributed by atoms with Gasteiger partial charge in [-0.25, -0.2) is 0 Å². The maximum atomic E-state index is 6.14. The second-order valence-corrected chi connectivity index (χ2v) is 7.74. The Bertz CT molecular complexity index is 609. The van der Waals surface area contributed by atoms with E-state index in [2.05, 4.69) is 72.0 Å². The van der Waals surface area contributed by atoms with E-state index in [0.29, 0.717) is 0 Å². The van der Waals surface area contributed by atoms with Crippen molar-refractivity contribution in [1.29, 1.82) is 0 Å². The van der Waals surface area contributed by atoms with Crippen LogP contribution >= 0.6 is 0 Å². The Hall–Kier alpha value is -1.28. The average Bonchev–Trinajstić information content (AvgIpc) is 2.68. The van der Waals surface area contributed by atoms with Crippen molar-refractivity contribution in [3.63, 3.8) is 0 Å². The van der Waals surface area contributed by atoms with Crippen molar-refractivity contribution < 1.29 is 4.42 Å². The number of hydrogen-bond donors (Lipinski definition) is 1. The van der Waals surface area contributed by atoms with E-state index in [1.54, 1.807) is 0 Å². The molecule has 0 radical (unpaired) electrons. The predicted molar refractivity (Wildman–Crippen MR) is 86.2 cm³/mol. The summed E-state index contributed by atoms with van der Waals surface area (Å²) in [6, 6.07) is 6.57. The Morgan fingerprint density at radius 1 is 1.05 bits per heavy atom. The van der Waals surface area contributed by atoms with Gasteiger partial charge in [0.15, 0.2) is 0 Å². The molecule has 2 heteroatoms. The molecule has 2 rings (SSSR count). The fourth-order valence-electron chi connectivity index (χ4n) is 2.34. The molecule has 0 aliphatic rings. The van der Waals surface area contributed by atoms with E-state index in [9.17, 15) is 0 Å². The lowest BCUT2D eigenvalue weighted by molar-refractivity contribution is 0.394. The van der Waals surface area contributed by atoms with Crippen molar-refractivity contribution in [3.05, 3.63) is 35.1 Å². The van der Waals surface area contributed by atoms with Crippen molar-refractivity contribution in [3.8, 4) is 0 Å². The normalized spacial score (nSPS) is 13.2. The first kappa shape index (κ1) is 15.1. The molecule has 0 fully saturated rings. The molecular weight excluding hydrogens is 246 g/mol. The number of furan rings is 1. The van der Waals surface area contributed by atoms with Crippen molar-refractivity contribution >= 4 is 11.0 Å².